The average molecular weight is 373 g/mol. The molecule has 10 heteroatoms. The van der Waals surface area contributed by atoms with Gasteiger partial charge in [-0.15, -0.1) is 0 Å². The second kappa shape index (κ2) is 5.77. The van der Waals surface area contributed by atoms with Gasteiger partial charge in [-0.25, -0.2) is 9.78 Å². The first-order valence-corrected chi connectivity index (χ1v) is 8.81. The number of aromatic nitrogens is 3. The first-order chi connectivity index (χ1) is 12.4. The lowest BCUT2D eigenvalue weighted by Crippen LogP contribution is -2.40. The Morgan fingerprint density at radius 3 is 2.85 bits per heavy atom. The minimum atomic E-state index is -1.28. The topological polar surface area (TPSA) is 110 Å². The lowest BCUT2D eigenvalue weighted by Gasteiger charge is -2.18. The van der Waals surface area contributed by atoms with Crippen molar-refractivity contribution in [3.63, 3.8) is 0 Å². The lowest BCUT2D eigenvalue weighted by molar-refractivity contribution is -0.132. The molecule has 1 fully saturated rings. The molecule has 4 heterocycles. The molecule has 26 heavy (non-hydrogen) atoms. The Labute approximate surface area is 151 Å². The Morgan fingerprint density at radius 2 is 2.15 bits per heavy atom. The van der Waals surface area contributed by atoms with Crippen molar-refractivity contribution in [1.29, 1.82) is 0 Å². The Hall–Kier alpha value is -3.01. The first-order valence-electron chi connectivity index (χ1n) is 7.99. The molecule has 9 nitrogen and oxygen atoms in total. The minimum absolute atomic E-state index is 0.105. The van der Waals surface area contributed by atoms with Crippen LogP contribution in [0, 0.1) is 0 Å². The first kappa shape index (κ1) is 16.5. The van der Waals surface area contributed by atoms with Gasteiger partial charge in [-0.1, -0.05) is 18.3 Å². The predicted molar refractivity (Wildman–Crippen MR) is 91.7 cm³/mol. The lowest BCUT2D eigenvalue weighted by atomic mass is 9.99. The molecule has 3 aromatic rings. The zero-order valence-electron chi connectivity index (χ0n) is 14.1. The number of aryl methyl sites for hydroxylation is 1. The smallest absolute Gasteiger partial charge is 0.325 e. The highest BCUT2D eigenvalue weighted by Gasteiger charge is 2.51. The quantitative estimate of drug-likeness (QED) is 0.690. The molecular formula is C16H15N5O4S. The summed E-state index contributed by atoms with van der Waals surface area (Å²) in [7, 11) is 0. The third kappa shape index (κ3) is 2.41. The molecule has 134 valence electrons. The van der Waals surface area contributed by atoms with Gasteiger partial charge in [-0.2, -0.15) is 9.61 Å². The number of amides is 3. The van der Waals surface area contributed by atoms with Gasteiger partial charge < -0.3 is 9.73 Å². The van der Waals surface area contributed by atoms with E-state index in [-0.39, 0.29) is 12.1 Å². The Balaban J connectivity index is 1.67. The van der Waals surface area contributed by atoms with Gasteiger partial charge in [0.25, 0.3) is 11.5 Å². The fourth-order valence-corrected chi connectivity index (χ4v) is 3.71. The molecule has 1 aliphatic rings. The number of nitrogens with one attached hydrogen (secondary N) is 1. The molecule has 0 aliphatic carbocycles. The van der Waals surface area contributed by atoms with Crippen LogP contribution >= 0.6 is 11.3 Å². The van der Waals surface area contributed by atoms with Crippen LogP contribution in [0.3, 0.4) is 0 Å². The second-order valence-electron chi connectivity index (χ2n) is 6.05. The zero-order valence-corrected chi connectivity index (χ0v) is 14.9. The van der Waals surface area contributed by atoms with Crippen LogP contribution in [0.4, 0.5) is 4.79 Å². The summed E-state index contributed by atoms with van der Waals surface area (Å²) in [6.07, 6.45) is 2.13. The van der Waals surface area contributed by atoms with E-state index in [1.165, 1.54) is 28.2 Å². The molecule has 4 rings (SSSR count). The number of rotatable bonds is 4. The summed E-state index contributed by atoms with van der Waals surface area (Å²) in [5.41, 5.74) is -1.30. The van der Waals surface area contributed by atoms with E-state index in [9.17, 15) is 14.4 Å². The molecule has 1 aliphatic heterocycles. The number of nitrogens with zero attached hydrogens (tertiary/aromatic N) is 4. The number of fused-ring (bicyclic) bond motifs is 1. The van der Waals surface area contributed by atoms with E-state index in [1.54, 1.807) is 19.1 Å². The van der Waals surface area contributed by atoms with Crippen LogP contribution in [-0.2, 0) is 23.3 Å². The number of hydrogen-bond acceptors (Lipinski definition) is 7. The second-order valence-corrected chi connectivity index (χ2v) is 7.09. The molecule has 1 atom stereocenters. The van der Waals surface area contributed by atoms with Crippen molar-refractivity contribution in [2.45, 2.75) is 32.4 Å². The highest BCUT2D eigenvalue weighted by Crippen LogP contribution is 2.29. The number of imide groups is 1. The summed E-state index contributed by atoms with van der Waals surface area (Å²) in [6, 6.07) is 4.00. The monoisotopic (exact) mass is 373 g/mol. The molecule has 3 aromatic heterocycles. The highest BCUT2D eigenvalue weighted by molar-refractivity contribution is 7.16. The minimum Gasteiger partial charge on any atom is -0.466 e. The average Bonchev–Trinajstić information content (AvgIpc) is 3.31. The van der Waals surface area contributed by atoms with Crippen LogP contribution in [0.1, 0.15) is 30.3 Å². The molecule has 0 saturated carbocycles. The molecule has 0 bridgehead atoms. The molecule has 0 spiro atoms. The fourth-order valence-electron chi connectivity index (χ4n) is 2.85. The number of carbonyl (C=O) groups excluding carboxylic acids is 2. The van der Waals surface area contributed by atoms with E-state index in [4.69, 9.17) is 4.42 Å². The van der Waals surface area contributed by atoms with Gasteiger partial charge in [0.15, 0.2) is 5.54 Å². The highest BCUT2D eigenvalue weighted by atomic mass is 32.1. The van der Waals surface area contributed by atoms with Crippen LogP contribution in [0.5, 0.6) is 0 Å². The van der Waals surface area contributed by atoms with Crippen LogP contribution in [0.15, 0.2) is 33.7 Å². The van der Waals surface area contributed by atoms with Gasteiger partial charge in [0, 0.05) is 6.07 Å². The maximum Gasteiger partial charge on any atom is 0.325 e. The van der Waals surface area contributed by atoms with Crippen LogP contribution in [-0.4, -0.2) is 31.4 Å². The maximum absolute atomic E-state index is 12.8. The van der Waals surface area contributed by atoms with Crippen LogP contribution in [0.2, 0.25) is 0 Å². The summed E-state index contributed by atoms with van der Waals surface area (Å²) in [4.78, 5) is 43.2. The molecule has 1 unspecified atom stereocenters. The van der Waals surface area contributed by atoms with Crippen molar-refractivity contribution in [2.75, 3.05) is 0 Å². The van der Waals surface area contributed by atoms with Crippen molar-refractivity contribution in [3.05, 3.63) is 51.3 Å². The zero-order chi connectivity index (χ0) is 18.5. The largest absolute Gasteiger partial charge is 0.466 e. The van der Waals surface area contributed by atoms with Crippen LogP contribution in [0.25, 0.3) is 4.96 Å². The summed E-state index contributed by atoms with van der Waals surface area (Å²) in [5, 5.41) is 7.60. The number of carbonyl (C=O) groups is 2. The van der Waals surface area contributed by atoms with Crippen molar-refractivity contribution < 1.29 is 14.0 Å². The third-order valence-electron chi connectivity index (χ3n) is 4.25. The van der Waals surface area contributed by atoms with E-state index < -0.39 is 17.5 Å². The SMILES string of the molecule is CCc1nn2c(=O)cc(CN3C(=O)NC(C)(c4ccco4)C3=O)nc2s1. The molecular weight excluding hydrogens is 358 g/mol. The number of hydrogen-bond donors (Lipinski definition) is 1. The van der Waals surface area contributed by atoms with E-state index in [1.807, 2.05) is 6.92 Å². The van der Waals surface area contributed by atoms with Gasteiger partial charge in [-0.05, 0) is 25.5 Å². The summed E-state index contributed by atoms with van der Waals surface area (Å²) in [5.74, 6) is -0.116. The van der Waals surface area contributed by atoms with Crippen molar-refractivity contribution in [1.82, 2.24) is 24.8 Å². The molecule has 1 saturated heterocycles. The van der Waals surface area contributed by atoms with Gasteiger partial charge in [0.1, 0.15) is 10.8 Å². The summed E-state index contributed by atoms with van der Waals surface area (Å²) in [6.45, 7) is 3.41. The summed E-state index contributed by atoms with van der Waals surface area (Å²) >= 11 is 1.30. The molecule has 0 radical (unpaired) electrons. The van der Waals surface area contributed by atoms with Crippen molar-refractivity contribution in [2.24, 2.45) is 0 Å². The standard InChI is InChI=1S/C16H15N5O4S/c1-3-11-19-21-12(22)7-9(17-15(21)26-11)8-20-13(23)16(2,18-14(20)24)10-5-4-6-25-10/h4-7H,3,8H2,1-2H3,(H,18,24). The Kier molecular flexibility index (Phi) is 3.65. The third-order valence-corrected chi connectivity index (χ3v) is 5.30. The molecule has 3 amide bonds. The van der Waals surface area contributed by atoms with Crippen molar-refractivity contribution in [3.8, 4) is 0 Å². The van der Waals surface area contributed by atoms with E-state index >= 15 is 0 Å². The van der Waals surface area contributed by atoms with Gasteiger partial charge >= 0.3 is 6.03 Å². The summed E-state index contributed by atoms with van der Waals surface area (Å²) < 4.78 is 6.52. The number of furan rings is 1. The number of urea groups is 1. The van der Waals surface area contributed by atoms with Gasteiger partial charge in [0.2, 0.25) is 4.96 Å². The Morgan fingerprint density at radius 1 is 1.35 bits per heavy atom. The van der Waals surface area contributed by atoms with E-state index in [2.05, 4.69) is 15.4 Å². The predicted octanol–water partition coefficient (Wildman–Crippen LogP) is 1.27. The maximum atomic E-state index is 12.8. The van der Waals surface area contributed by atoms with Crippen molar-refractivity contribution >= 4 is 28.2 Å². The fraction of sp³-hybridized carbons (Fsp3) is 0.312. The van der Waals surface area contributed by atoms with Gasteiger partial charge in [0.05, 0.1) is 18.5 Å². The van der Waals surface area contributed by atoms with E-state index in [0.29, 0.717) is 22.8 Å². The Bertz CT molecular complexity index is 1070. The van der Waals surface area contributed by atoms with Crippen LogP contribution < -0.4 is 10.9 Å². The van der Waals surface area contributed by atoms with E-state index in [0.717, 1.165) is 9.91 Å². The molecule has 0 aromatic carbocycles. The molecule has 1 N–H and O–H groups in total. The normalized spacial score (nSPS) is 20.2. The van der Waals surface area contributed by atoms with Gasteiger partial charge in [-0.3, -0.25) is 14.5 Å².